The Labute approximate surface area is 170 Å². The number of nitrogens with one attached hydrogen (secondary N) is 1. The number of benzene rings is 2. The van der Waals surface area contributed by atoms with Crippen molar-refractivity contribution in [2.24, 2.45) is 5.10 Å². The highest BCUT2D eigenvalue weighted by Crippen LogP contribution is 2.54. The van der Waals surface area contributed by atoms with E-state index < -0.39 is 22.5 Å². The Morgan fingerprint density at radius 2 is 1.90 bits per heavy atom. The smallest absolute Gasteiger partial charge is 0.271 e. The molecule has 0 aromatic heterocycles. The molecule has 4 rings (SSSR count). The summed E-state index contributed by atoms with van der Waals surface area (Å²) in [5.41, 5.74) is 1.70. The minimum absolute atomic E-state index is 0.109. The van der Waals surface area contributed by atoms with Gasteiger partial charge < -0.3 is 10.2 Å². The molecule has 0 saturated heterocycles. The van der Waals surface area contributed by atoms with Crippen LogP contribution in [0.1, 0.15) is 25.0 Å². The van der Waals surface area contributed by atoms with E-state index in [0.29, 0.717) is 11.3 Å². The Bertz CT molecular complexity index is 1060. The SMILES string of the molecule is CC(=O)NC1=NN(C(C)=O)[C@]2(S1)C(=O)N(Cc1ccccc1)c1ccc(F)cc12. The lowest BCUT2D eigenvalue weighted by Crippen LogP contribution is -2.48. The largest absolute Gasteiger partial charge is 0.304 e. The van der Waals surface area contributed by atoms with Gasteiger partial charge in [-0.15, -0.1) is 5.10 Å². The van der Waals surface area contributed by atoms with Gasteiger partial charge in [-0.2, -0.15) is 5.01 Å². The number of anilines is 1. The Kier molecular flexibility index (Phi) is 4.62. The predicted octanol–water partition coefficient (Wildman–Crippen LogP) is 2.53. The molecule has 0 saturated carbocycles. The van der Waals surface area contributed by atoms with Crippen LogP contribution in [0.4, 0.5) is 10.1 Å². The quantitative estimate of drug-likeness (QED) is 0.822. The Morgan fingerprint density at radius 1 is 1.17 bits per heavy atom. The molecule has 0 radical (unpaired) electrons. The molecular weight excluding hydrogens is 395 g/mol. The summed E-state index contributed by atoms with van der Waals surface area (Å²) in [6, 6.07) is 13.4. The molecule has 3 amide bonds. The van der Waals surface area contributed by atoms with E-state index in [-0.39, 0.29) is 17.6 Å². The molecule has 29 heavy (non-hydrogen) atoms. The van der Waals surface area contributed by atoms with Crippen LogP contribution in [-0.4, -0.2) is 27.9 Å². The number of carbonyl (C=O) groups excluding carboxylic acids is 3. The summed E-state index contributed by atoms with van der Waals surface area (Å²) in [5.74, 6) is -1.84. The number of hydrogen-bond acceptors (Lipinski definition) is 5. The number of amidine groups is 1. The average molecular weight is 412 g/mol. The zero-order chi connectivity index (χ0) is 20.8. The lowest BCUT2D eigenvalue weighted by Gasteiger charge is -2.29. The van der Waals surface area contributed by atoms with E-state index in [2.05, 4.69) is 10.4 Å². The maximum atomic E-state index is 14.2. The molecule has 1 atom stereocenters. The molecule has 0 unspecified atom stereocenters. The van der Waals surface area contributed by atoms with Gasteiger partial charge >= 0.3 is 0 Å². The highest BCUT2D eigenvalue weighted by molar-refractivity contribution is 8.15. The Morgan fingerprint density at radius 3 is 2.55 bits per heavy atom. The summed E-state index contributed by atoms with van der Waals surface area (Å²) in [4.78, 5) is 37.4. The van der Waals surface area contributed by atoms with Crippen LogP contribution in [0.25, 0.3) is 0 Å². The fourth-order valence-corrected chi connectivity index (χ4v) is 4.83. The van der Waals surface area contributed by atoms with Gasteiger partial charge in [-0.3, -0.25) is 14.4 Å². The first-order valence-corrected chi connectivity index (χ1v) is 9.66. The first-order chi connectivity index (χ1) is 13.8. The molecule has 2 aliphatic heterocycles. The maximum Gasteiger partial charge on any atom is 0.271 e. The van der Waals surface area contributed by atoms with Crippen molar-refractivity contribution in [2.45, 2.75) is 25.3 Å². The molecular formula is C20H17FN4O3S. The first kappa shape index (κ1) is 19.1. The Balaban J connectivity index is 1.83. The summed E-state index contributed by atoms with van der Waals surface area (Å²) in [6.45, 7) is 2.83. The molecule has 0 bridgehead atoms. The number of carbonyl (C=O) groups is 3. The number of halogens is 1. The number of rotatable bonds is 2. The lowest BCUT2D eigenvalue weighted by molar-refractivity contribution is -0.139. The van der Waals surface area contributed by atoms with Crippen LogP contribution in [0.3, 0.4) is 0 Å². The normalized spacial score (nSPS) is 20.1. The average Bonchev–Trinajstić information content (AvgIpc) is 3.15. The lowest BCUT2D eigenvalue weighted by atomic mass is 10.1. The fraction of sp³-hybridized carbons (Fsp3) is 0.200. The van der Waals surface area contributed by atoms with E-state index in [1.165, 1.54) is 36.9 Å². The summed E-state index contributed by atoms with van der Waals surface area (Å²) in [5, 5.41) is 7.80. The second-order valence-electron chi connectivity index (χ2n) is 6.70. The molecule has 2 aromatic carbocycles. The minimum atomic E-state index is -1.60. The van der Waals surface area contributed by atoms with E-state index in [4.69, 9.17) is 0 Å². The molecule has 9 heteroatoms. The molecule has 2 aromatic rings. The van der Waals surface area contributed by atoms with Crippen molar-refractivity contribution in [3.63, 3.8) is 0 Å². The second-order valence-corrected chi connectivity index (χ2v) is 7.88. The van der Waals surface area contributed by atoms with Crippen LogP contribution in [-0.2, 0) is 25.8 Å². The second kappa shape index (κ2) is 7.00. The fourth-order valence-electron chi connectivity index (χ4n) is 3.51. The van der Waals surface area contributed by atoms with Crippen molar-refractivity contribution in [2.75, 3.05) is 4.90 Å². The van der Waals surface area contributed by atoms with Crippen molar-refractivity contribution in [1.82, 2.24) is 10.3 Å². The van der Waals surface area contributed by atoms with Crippen LogP contribution >= 0.6 is 11.8 Å². The molecule has 0 aliphatic carbocycles. The monoisotopic (exact) mass is 412 g/mol. The van der Waals surface area contributed by atoms with Crippen molar-refractivity contribution in [3.05, 3.63) is 65.5 Å². The van der Waals surface area contributed by atoms with Gasteiger partial charge in [-0.1, -0.05) is 30.3 Å². The predicted molar refractivity (Wildman–Crippen MR) is 107 cm³/mol. The third kappa shape index (κ3) is 3.07. The van der Waals surface area contributed by atoms with Crippen molar-refractivity contribution in [3.8, 4) is 0 Å². The van der Waals surface area contributed by atoms with Crippen molar-refractivity contribution < 1.29 is 18.8 Å². The van der Waals surface area contributed by atoms with Gasteiger partial charge in [0.05, 0.1) is 12.2 Å². The van der Waals surface area contributed by atoms with Crippen LogP contribution < -0.4 is 10.2 Å². The van der Waals surface area contributed by atoms with E-state index in [0.717, 1.165) is 22.3 Å². The zero-order valence-corrected chi connectivity index (χ0v) is 16.5. The minimum Gasteiger partial charge on any atom is -0.304 e. The van der Waals surface area contributed by atoms with Gasteiger partial charge in [0.25, 0.3) is 5.91 Å². The summed E-state index contributed by atoms with van der Waals surface area (Å²) >= 11 is 0.924. The molecule has 0 fully saturated rings. The summed E-state index contributed by atoms with van der Waals surface area (Å²) in [6.07, 6.45) is 0. The number of hydrogen-bond donors (Lipinski definition) is 1. The maximum absolute atomic E-state index is 14.2. The number of nitrogens with zero attached hydrogens (tertiary/aromatic N) is 3. The molecule has 2 aliphatic rings. The van der Waals surface area contributed by atoms with Crippen LogP contribution in [0.15, 0.2) is 53.6 Å². The van der Waals surface area contributed by atoms with Gasteiger partial charge in [0.2, 0.25) is 16.7 Å². The molecule has 148 valence electrons. The van der Waals surface area contributed by atoms with E-state index in [1.54, 1.807) is 0 Å². The number of hydrazone groups is 1. The van der Waals surface area contributed by atoms with E-state index in [9.17, 15) is 18.8 Å². The van der Waals surface area contributed by atoms with Crippen molar-refractivity contribution in [1.29, 1.82) is 0 Å². The summed E-state index contributed by atoms with van der Waals surface area (Å²) < 4.78 is 14.2. The van der Waals surface area contributed by atoms with Crippen LogP contribution in [0.2, 0.25) is 0 Å². The summed E-state index contributed by atoms with van der Waals surface area (Å²) in [7, 11) is 0. The van der Waals surface area contributed by atoms with Crippen molar-refractivity contribution >= 4 is 40.3 Å². The number of fused-ring (bicyclic) bond motifs is 2. The van der Waals surface area contributed by atoms with Gasteiger partial charge in [-0.05, 0) is 35.5 Å². The Hall–Kier alpha value is -3.20. The molecule has 2 heterocycles. The van der Waals surface area contributed by atoms with Gasteiger partial charge in [-0.25, -0.2) is 4.39 Å². The molecule has 7 nitrogen and oxygen atoms in total. The standard InChI is InChI=1S/C20H17FN4O3S/c1-12(26)22-19-23-25(13(2)27)20(29-19)16-10-15(21)8-9-17(16)24(18(20)28)11-14-6-4-3-5-7-14/h3-10H,11H2,1-2H3,(H,22,23,26)/t20-/m1/s1. The topological polar surface area (TPSA) is 82.1 Å². The van der Waals surface area contributed by atoms with E-state index >= 15 is 0 Å². The molecule has 1 spiro atoms. The zero-order valence-electron chi connectivity index (χ0n) is 15.7. The van der Waals surface area contributed by atoms with Crippen LogP contribution in [0.5, 0.6) is 0 Å². The third-order valence-corrected chi connectivity index (χ3v) is 5.89. The van der Waals surface area contributed by atoms with Gasteiger partial charge in [0.15, 0.2) is 5.17 Å². The third-order valence-electron chi connectivity index (χ3n) is 4.65. The van der Waals surface area contributed by atoms with Gasteiger partial charge in [0, 0.05) is 19.4 Å². The number of thioether (sulfide) groups is 1. The first-order valence-electron chi connectivity index (χ1n) is 8.85. The number of amides is 3. The van der Waals surface area contributed by atoms with E-state index in [1.807, 2.05) is 30.3 Å². The highest BCUT2D eigenvalue weighted by Gasteiger charge is 2.61. The van der Waals surface area contributed by atoms with Crippen LogP contribution in [0, 0.1) is 5.82 Å². The van der Waals surface area contributed by atoms with Gasteiger partial charge in [0.1, 0.15) is 5.82 Å². The molecule has 1 N–H and O–H groups in total. The highest BCUT2D eigenvalue weighted by atomic mass is 32.2.